The highest BCUT2D eigenvalue weighted by Crippen LogP contribution is 2.41. The van der Waals surface area contributed by atoms with Gasteiger partial charge in [-0.15, -0.1) is 0 Å². The van der Waals surface area contributed by atoms with Gasteiger partial charge in [-0.2, -0.15) is 0 Å². The molecule has 3 aliphatic rings. The number of aliphatic hydroxyl groups is 1. The molecule has 0 spiro atoms. The molecule has 0 aromatic rings. The summed E-state index contributed by atoms with van der Waals surface area (Å²) in [5, 5.41) is 12.0. The molecule has 2 unspecified atom stereocenters. The van der Waals surface area contributed by atoms with Crippen LogP contribution in [0.3, 0.4) is 0 Å². The third-order valence-corrected chi connectivity index (χ3v) is 4.88. The number of amides is 1. The van der Waals surface area contributed by atoms with Crippen LogP contribution in [-0.4, -0.2) is 52.7 Å². The van der Waals surface area contributed by atoms with Gasteiger partial charge in [-0.1, -0.05) is 6.42 Å². The molecular weight excluding hydrogens is 242 g/mol. The second-order valence-electron chi connectivity index (χ2n) is 6.38. The number of nitrogens with one attached hydrogen (secondary N) is 1. The van der Waals surface area contributed by atoms with Crippen molar-refractivity contribution in [1.29, 1.82) is 0 Å². The van der Waals surface area contributed by atoms with E-state index in [1.165, 1.54) is 32.1 Å². The minimum Gasteiger partial charge on any atom is -0.394 e. The van der Waals surface area contributed by atoms with Crippen LogP contribution >= 0.6 is 0 Å². The fourth-order valence-corrected chi connectivity index (χ4v) is 3.90. The van der Waals surface area contributed by atoms with Crippen LogP contribution in [0.4, 0.5) is 0 Å². The summed E-state index contributed by atoms with van der Waals surface area (Å²) < 4.78 is 0. The highest BCUT2D eigenvalue weighted by atomic mass is 16.3. The number of rotatable bonds is 4. The lowest BCUT2D eigenvalue weighted by Gasteiger charge is -2.49. The zero-order valence-electron chi connectivity index (χ0n) is 11.4. The van der Waals surface area contributed by atoms with Crippen molar-refractivity contribution in [2.45, 2.75) is 75.2 Å². The third kappa shape index (κ3) is 2.78. The van der Waals surface area contributed by atoms with Crippen molar-refractivity contribution in [3.8, 4) is 0 Å². The normalized spacial score (nSPS) is 36.8. The van der Waals surface area contributed by atoms with E-state index >= 15 is 0 Å². The Bertz CT molecular complexity index is 332. The molecule has 2 aliphatic heterocycles. The largest absolute Gasteiger partial charge is 0.394 e. The number of carbonyl (C=O) groups excluding carboxylic acids is 1. The van der Waals surface area contributed by atoms with Gasteiger partial charge in [0, 0.05) is 24.2 Å². The summed E-state index contributed by atoms with van der Waals surface area (Å²) in [5.74, 6) is -0.203. The minimum atomic E-state index is -0.777. The zero-order valence-corrected chi connectivity index (χ0v) is 11.4. The van der Waals surface area contributed by atoms with Crippen molar-refractivity contribution < 1.29 is 9.90 Å². The predicted octanol–water partition coefficient (Wildman–Crippen LogP) is -0.0299. The van der Waals surface area contributed by atoms with Gasteiger partial charge in [0.25, 0.3) is 0 Å². The Morgan fingerprint density at radius 3 is 2.37 bits per heavy atom. The minimum absolute atomic E-state index is 0.203. The van der Waals surface area contributed by atoms with Gasteiger partial charge in [0.2, 0.25) is 5.91 Å². The maximum absolute atomic E-state index is 11.8. The Morgan fingerprint density at radius 1 is 1.21 bits per heavy atom. The molecule has 0 aromatic heterocycles. The number of hydrogen-bond acceptors (Lipinski definition) is 4. The molecule has 2 saturated heterocycles. The molecule has 19 heavy (non-hydrogen) atoms. The van der Waals surface area contributed by atoms with Gasteiger partial charge in [-0.25, -0.2) is 0 Å². The second-order valence-corrected chi connectivity index (χ2v) is 6.38. The molecule has 5 heteroatoms. The van der Waals surface area contributed by atoms with Crippen LogP contribution in [0.15, 0.2) is 0 Å². The molecule has 3 fully saturated rings. The van der Waals surface area contributed by atoms with Gasteiger partial charge < -0.3 is 16.2 Å². The second kappa shape index (κ2) is 5.38. The van der Waals surface area contributed by atoms with E-state index in [1.807, 2.05) is 0 Å². The Morgan fingerprint density at radius 2 is 1.84 bits per heavy atom. The fourth-order valence-electron chi connectivity index (χ4n) is 3.90. The lowest BCUT2D eigenvalue weighted by atomic mass is 9.81. The quantitative estimate of drug-likeness (QED) is 0.668. The van der Waals surface area contributed by atoms with E-state index < -0.39 is 6.04 Å². The van der Waals surface area contributed by atoms with E-state index in [9.17, 15) is 4.79 Å². The molecule has 3 rings (SSSR count). The molecule has 1 aliphatic carbocycles. The van der Waals surface area contributed by atoms with E-state index in [4.69, 9.17) is 10.8 Å². The molecule has 0 radical (unpaired) electrons. The van der Waals surface area contributed by atoms with E-state index in [1.54, 1.807) is 0 Å². The first-order valence-electron chi connectivity index (χ1n) is 7.63. The number of nitrogens with two attached hydrogens (primary N) is 1. The summed E-state index contributed by atoms with van der Waals surface area (Å²) in [6.07, 6.45) is 8.69. The molecule has 5 nitrogen and oxygen atoms in total. The van der Waals surface area contributed by atoms with Crippen LogP contribution < -0.4 is 11.1 Å². The summed E-state index contributed by atoms with van der Waals surface area (Å²) in [5.41, 5.74) is 5.56. The summed E-state index contributed by atoms with van der Waals surface area (Å²) in [6, 6.07) is 1.59. The van der Waals surface area contributed by atoms with E-state index in [0.29, 0.717) is 12.1 Å². The molecule has 4 N–H and O–H groups in total. The zero-order chi connectivity index (χ0) is 13.4. The predicted molar refractivity (Wildman–Crippen MR) is 72.5 cm³/mol. The number of hydrogen-bond donors (Lipinski definition) is 3. The van der Waals surface area contributed by atoms with E-state index in [-0.39, 0.29) is 18.6 Å². The molecule has 3 atom stereocenters. The fraction of sp³-hybridized carbons (Fsp3) is 0.929. The van der Waals surface area contributed by atoms with Crippen molar-refractivity contribution >= 4 is 5.91 Å². The standard InChI is InChI=1S/C14H25N3O2/c15-13(8-18)14(19)16-9-6-11-2-1-3-12(7-9)17(11)10-4-5-10/h9-13,18H,1-8,15H2,(H,16,19)/t9?,11?,12?,13-/m0/s1. The lowest BCUT2D eigenvalue weighted by molar-refractivity contribution is -0.124. The van der Waals surface area contributed by atoms with Crippen molar-refractivity contribution in [3.63, 3.8) is 0 Å². The Balaban J connectivity index is 1.60. The average molecular weight is 267 g/mol. The maximum Gasteiger partial charge on any atom is 0.239 e. The van der Waals surface area contributed by atoms with Gasteiger partial charge in [-0.3, -0.25) is 9.69 Å². The number of nitrogens with zero attached hydrogens (tertiary/aromatic N) is 1. The van der Waals surface area contributed by atoms with Crippen LogP contribution in [0.25, 0.3) is 0 Å². The average Bonchev–Trinajstić information content (AvgIpc) is 3.20. The lowest BCUT2D eigenvalue weighted by Crippen LogP contribution is -2.59. The number of piperidine rings is 2. The van der Waals surface area contributed by atoms with Crippen LogP contribution in [0.5, 0.6) is 0 Å². The third-order valence-electron chi connectivity index (χ3n) is 4.88. The van der Waals surface area contributed by atoms with Crippen LogP contribution in [-0.2, 0) is 4.79 Å². The van der Waals surface area contributed by atoms with Crippen molar-refractivity contribution in [1.82, 2.24) is 10.2 Å². The SMILES string of the molecule is N[C@@H](CO)C(=O)NC1CC2CCCC(C1)N2C1CC1. The van der Waals surface area contributed by atoms with Crippen LogP contribution in [0.2, 0.25) is 0 Å². The highest BCUT2D eigenvalue weighted by Gasteiger charge is 2.45. The van der Waals surface area contributed by atoms with Gasteiger partial charge in [-0.05, 0) is 38.5 Å². The van der Waals surface area contributed by atoms with Crippen LogP contribution in [0.1, 0.15) is 44.9 Å². The number of aliphatic hydroxyl groups excluding tert-OH is 1. The summed E-state index contributed by atoms with van der Waals surface area (Å²) in [4.78, 5) is 14.5. The smallest absolute Gasteiger partial charge is 0.239 e. The molecule has 0 aromatic carbocycles. The summed E-state index contributed by atoms with van der Waals surface area (Å²) in [6.45, 7) is -0.278. The molecule has 1 saturated carbocycles. The Hall–Kier alpha value is -0.650. The Labute approximate surface area is 114 Å². The van der Waals surface area contributed by atoms with Crippen molar-refractivity contribution in [2.24, 2.45) is 5.73 Å². The molecule has 1 amide bonds. The molecule has 2 bridgehead atoms. The summed E-state index contributed by atoms with van der Waals surface area (Å²) in [7, 11) is 0. The van der Waals surface area contributed by atoms with Crippen molar-refractivity contribution in [2.75, 3.05) is 6.61 Å². The van der Waals surface area contributed by atoms with Gasteiger partial charge in [0.15, 0.2) is 0 Å². The van der Waals surface area contributed by atoms with Gasteiger partial charge >= 0.3 is 0 Å². The molecule has 108 valence electrons. The summed E-state index contributed by atoms with van der Waals surface area (Å²) >= 11 is 0. The van der Waals surface area contributed by atoms with E-state index in [0.717, 1.165) is 18.9 Å². The number of fused-ring (bicyclic) bond motifs is 2. The van der Waals surface area contributed by atoms with Gasteiger partial charge in [0.1, 0.15) is 6.04 Å². The van der Waals surface area contributed by atoms with Crippen LogP contribution in [0, 0.1) is 0 Å². The van der Waals surface area contributed by atoms with Gasteiger partial charge in [0.05, 0.1) is 6.61 Å². The number of carbonyl (C=O) groups is 1. The topological polar surface area (TPSA) is 78.6 Å². The Kier molecular flexibility index (Phi) is 3.78. The highest BCUT2D eigenvalue weighted by molar-refractivity contribution is 5.81. The molecule has 2 heterocycles. The maximum atomic E-state index is 11.8. The first-order valence-corrected chi connectivity index (χ1v) is 7.63. The van der Waals surface area contributed by atoms with Crippen molar-refractivity contribution in [3.05, 3.63) is 0 Å². The van der Waals surface area contributed by atoms with E-state index in [2.05, 4.69) is 10.2 Å². The monoisotopic (exact) mass is 267 g/mol. The first kappa shape index (κ1) is 13.3. The first-order chi connectivity index (χ1) is 9.19. The molecular formula is C14H25N3O2.